The van der Waals surface area contributed by atoms with Crippen LogP contribution >= 0.6 is 11.3 Å². The Kier molecular flexibility index (Phi) is 7.66. The fourth-order valence-electron chi connectivity index (χ4n) is 2.24. The molecule has 1 aromatic heterocycles. The van der Waals surface area contributed by atoms with Crippen molar-refractivity contribution in [3.63, 3.8) is 0 Å². The Morgan fingerprint density at radius 2 is 2.24 bits per heavy atom. The van der Waals surface area contributed by atoms with Crippen LogP contribution in [-0.2, 0) is 6.42 Å². The van der Waals surface area contributed by atoms with Gasteiger partial charge in [-0.3, -0.25) is 4.99 Å². The molecule has 0 saturated heterocycles. The largest absolute Gasteiger partial charge is 0.489 e. The van der Waals surface area contributed by atoms with Gasteiger partial charge in [0.2, 0.25) is 0 Å². The smallest absolute Gasteiger partial charge is 0.191 e. The third kappa shape index (κ3) is 7.09. The molecule has 1 unspecified atom stereocenters. The van der Waals surface area contributed by atoms with Crippen molar-refractivity contribution in [3.8, 4) is 5.75 Å². The molecule has 0 aliphatic rings. The molecule has 2 rings (SSSR count). The zero-order chi connectivity index (χ0) is 18.1. The summed E-state index contributed by atoms with van der Waals surface area (Å²) in [6, 6.07) is 6.15. The number of rotatable bonds is 8. The lowest BCUT2D eigenvalue weighted by molar-refractivity contribution is 0.223. The number of ether oxygens (including phenoxy) is 1. The number of hydrogen-bond acceptors (Lipinski definition) is 4. The molecular weight excluding hydrogens is 339 g/mol. The highest BCUT2D eigenvalue weighted by Gasteiger charge is 2.06. The highest BCUT2D eigenvalue weighted by atomic mass is 32.1. The quantitative estimate of drug-likeness (QED) is 0.429. The van der Waals surface area contributed by atoms with Gasteiger partial charge in [0.1, 0.15) is 17.7 Å². The second-order valence-electron chi connectivity index (χ2n) is 5.75. The van der Waals surface area contributed by atoms with Crippen LogP contribution in [0.25, 0.3) is 0 Å². The van der Waals surface area contributed by atoms with Crippen molar-refractivity contribution in [1.82, 2.24) is 15.6 Å². The third-order valence-corrected chi connectivity index (χ3v) is 4.47. The van der Waals surface area contributed by atoms with E-state index in [9.17, 15) is 4.39 Å². The van der Waals surface area contributed by atoms with E-state index in [1.807, 2.05) is 13.8 Å². The van der Waals surface area contributed by atoms with Crippen molar-refractivity contribution in [2.45, 2.75) is 32.8 Å². The molecule has 1 aromatic carbocycles. The maximum Gasteiger partial charge on any atom is 0.191 e. The second-order valence-corrected chi connectivity index (χ2v) is 6.69. The molecule has 7 heteroatoms. The van der Waals surface area contributed by atoms with Gasteiger partial charge < -0.3 is 15.4 Å². The average molecular weight is 364 g/mol. The lowest BCUT2D eigenvalue weighted by Gasteiger charge is -2.17. The molecule has 2 N–H and O–H groups in total. The first-order chi connectivity index (χ1) is 12.1. The van der Waals surface area contributed by atoms with E-state index in [0.717, 1.165) is 31.0 Å². The fourth-order valence-corrected chi connectivity index (χ4v) is 3.06. The summed E-state index contributed by atoms with van der Waals surface area (Å²) in [6.45, 7) is 5.33. The van der Waals surface area contributed by atoms with Gasteiger partial charge in [-0.2, -0.15) is 0 Å². The van der Waals surface area contributed by atoms with E-state index in [0.29, 0.717) is 12.3 Å². The van der Waals surface area contributed by atoms with Gasteiger partial charge in [0.05, 0.1) is 11.6 Å². The molecular formula is C18H25FN4OS. The first kappa shape index (κ1) is 19.2. The van der Waals surface area contributed by atoms with Gasteiger partial charge in [-0.15, -0.1) is 11.3 Å². The lowest BCUT2D eigenvalue weighted by atomic mass is 10.3. The summed E-state index contributed by atoms with van der Waals surface area (Å²) in [4.78, 5) is 8.65. The summed E-state index contributed by atoms with van der Waals surface area (Å²) in [6.07, 6.45) is 1.84. The van der Waals surface area contributed by atoms with E-state index in [1.54, 1.807) is 30.5 Å². The maximum absolute atomic E-state index is 13.2. The van der Waals surface area contributed by atoms with Gasteiger partial charge in [0, 0.05) is 37.2 Å². The Morgan fingerprint density at radius 1 is 1.40 bits per heavy atom. The average Bonchev–Trinajstić information content (AvgIpc) is 2.99. The van der Waals surface area contributed by atoms with Crippen molar-refractivity contribution < 1.29 is 9.13 Å². The van der Waals surface area contributed by atoms with Crippen LogP contribution in [0.2, 0.25) is 0 Å². The molecule has 25 heavy (non-hydrogen) atoms. The summed E-state index contributed by atoms with van der Waals surface area (Å²) in [5.74, 6) is 0.951. The van der Waals surface area contributed by atoms with Crippen molar-refractivity contribution in [2.24, 2.45) is 4.99 Å². The van der Waals surface area contributed by atoms with Gasteiger partial charge in [-0.25, -0.2) is 9.37 Å². The highest BCUT2D eigenvalue weighted by molar-refractivity contribution is 7.09. The van der Waals surface area contributed by atoms with Crippen LogP contribution in [0.15, 0.2) is 34.6 Å². The molecule has 0 bridgehead atoms. The molecule has 5 nitrogen and oxygen atoms in total. The van der Waals surface area contributed by atoms with Crippen LogP contribution in [0, 0.1) is 12.7 Å². The van der Waals surface area contributed by atoms with Gasteiger partial charge in [-0.1, -0.05) is 6.07 Å². The lowest BCUT2D eigenvalue weighted by Crippen LogP contribution is -2.42. The minimum atomic E-state index is -0.300. The van der Waals surface area contributed by atoms with Gasteiger partial charge in [0.25, 0.3) is 0 Å². The topological polar surface area (TPSA) is 58.5 Å². The summed E-state index contributed by atoms with van der Waals surface area (Å²) in [5, 5.41) is 9.73. The van der Waals surface area contributed by atoms with E-state index in [2.05, 4.69) is 26.0 Å². The number of nitrogens with zero attached hydrogens (tertiary/aromatic N) is 2. The number of guanidine groups is 1. The molecule has 0 aliphatic carbocycles. The zero-order valence-electron chi connectivity index (χ0n) is 14.9. The fraction of sp³-hybridized carbons (Fsp3) is 0.444. The molecule has 0 amide bonds. The van der Waals surface area contributed by atoms with Crippen LogP contribution in [-0.4, -0.2) is 37.2 Å². The summed E-state index contributed by atoms with van der Waals surface area (Å²) >= 11 is 1.70. The summed E-state index contributed by atoms with van der Waals surface area (Å²) in [5.41, 5.74) is 1.08. The molecule has 0 fully saturated rings. The van der Waals surface area contributed by atoms with Gasteiger partial charge in [-0.05, 0) is 32.4 Å². The number of aliphatic imine (C=N–C) groups is 1. The number of thiazole rings is 1. The van der Waals surface area contributed by atoms with E-state index < -0.39 is 0 Å². The van der Waals surface area contributed by atoms with Crippen LogP contribution in [0.4, 0.5) is 4.39 Å². The second kappa shape index (κ2) is 9.98. The Balaban J connectivity index is 1.65. The first-order valence-corrected chi connectivity index (χ1v) is 9.22. The van der Waals surface area contributed by atoms with Crippen LogP contribution in [0.3, 0.4) is 0 Å². The van der Waals surface area contributed by atoms with Crippen molar-refractivity contribution in [2.75, 3.05) is 20.1 Å². The van der Waals surface area contributed by atoms with Crippen molar-refractivity contribution in [1.29, 1.82) is 0 Å². The molecule has 0 aliphatic heterocycles. The Labute approximate surface area is 152 Å². The normalized spacial score (nSPS) is 12.7. The zero-order valence-corrected chi connectivity index (χ0v) is 15.7. The minimum Gasteiger partial charge on any atom is -0.489 e. The molecule has 136 valence electrons. The van der Waals surface area contributed by atoms with E-state index >= 15 is 0 Å². The molecule has 0 spiro atoms. The number of nitrogens with one attached hydrogen (secondary N) is 2. The monoisotopic (exact) mass is 364 g/mol. The Hall–Kier alpha value is -2.15. The molecule has 1 heterocycles. The predicted octanol–water partition coefficient (Wildman–Crippen LogP) is 3.16. The Bertz CT molecular complexity index is 689. The van der Waals surface area contributed by atoms with Crippen LogP contribution in [0.5, 0.6) is 5.75 Å². The number of aromatic nitrogens is 1. The molecule has 2 aromatic rings. The SMILES string of the molecule is CN=C(NCCCc1nc(C)cs1)NCC(C)Oc1cccc(F)c1. The van der Waals surface area contributed by atoms with Gasteiger partial charge >= 0.3 is 0 Å². The number of benzene rings is 1. The molecule has 0 radical (unpaired) electrons. The summed E-state index contributed by atoms with van der Waals surface area (Å²) in [7, 11) is 1.73. The van der Waals surface area contributed by atoms with Crippen LogP contribution < -0.4 is 15.4 Å². The standard InChI is InChI=1S/C18H25FN4OS/c1-13-12-25-17(23-13)8-5-9-21-18(20-3)22-11-14(2)24-16-7-4-6-15(19)10-16/h4,6-7,10,12,14H,5,8-9,11H2,1-3H3,(H2,20,21,22). The van der Waals surface area contributed by atoms with Crippen molar-refractivity contribution in [3.05, 3.63) is 46.2 Å². The minimum absolute atomic E-state index is 0.112. The van der Waals surface area contributed by atoms with Crippen LogP contribution in [0.1, 0.15) is 24.0 Å². The first-order valence-electron chi connectivity index (χ1n) is 8.34. The van der Waals surface area contributed by atoms with Gasteiger partial charge in [0.15, 0.2) is 5.96 Å². The number of aryl methyl sites for hydroxylation is 2. The number of hydrogen-bond donors (Lipinski definition) is 2. The Morgan fingerprint density at radius 3 is 2.92 bits per heavy atom. The maximum atomic E-state index is 13.2. The summed E-state index contributed by atoms with van der Waals surface area (Å²) < 4.78 is 18.8. The third-order valence-electron chi connectivity index (χ3n) is 3.44. The predicted molar refractivity (Wildman–Crippen MR) is 101 cm³/mol. The highest BCUT2D eigenvalue weighted by Crippen LogP contribution is 2.13. The van der Waals surface area contributed by atoms with E-state index in [1.165, 1.54) is 17.1 Å². The number of halogens is 1. The molecule has 0 saturated carbocycles. The van der Waals surface area contributed by atoms with E-state index in [-0.39, 0.29) is 11.9 Å². The molecule has 1 atom stereocenters. The van der Waals surface area contributed by atoms with E-state index in [4.69, 9.17) is 4.74 Å². The van der Waals surface area contributed by atoms with Crippen molar-refractivity contribution >= 4 is 17.3 Å².